The van der Waals surface area contributed by atoms with Gasteiger partial charge in [-0.25, -0.2) is 9.78 Å². The number of fused-ring (bicyclic) bond motifs is 1. The lowest BCUT2D eigenvalue weighted by atomic mass is 10.1. The summed E-state index contributed by atoms with van der Waals surface area (Å²) in [5, 5.41) is 14.2. The number of benzene rings is 1. The second kappa shape index (κ2) is 8.35. The quantitative estimate of drug-likeness (QED) is 0.330. The molecule has 0 bridgehead atoms. The number of ether oxygens (including phenoxy) is 1. The third-order valence-corrected chi connectivity index (χ3v) is 5.96. The molecule has 1 aromatic carbocycles. The Labute approximate surface area is 185 Å². The molecule has 2 aromatic heterocycles. The van der Waals surface area contributed by atoms with E-state index in [1.165, 1.54) is 4.90 Å². The van der Waals surface area contributed by atoms with Crippen LogP contribution in [0.1, 0.15) is 20.9 Å². The zero-order valence-corrected chi connectivity index (χ0v) is 18.0. The SMILES string of the molecule is COC(=O)c1cc([N+](=O)[O-])cn(CC(=O)N2CCc3cc(-c4csc(C)n4)ccc32)c1=O. The zero-order valence-electron chi connectivity index (χ0n) is 17.2. The van der Waals surface area contributed by atoms with Crippen molar-refractivity contribution in [2.24, 2.45) is 0 Å². The van der Waals surface area contributed by atoms with Gasteiger partial charge in [-0.05, 0) is 31.0 Å². The van der Waals surface area contributed by atoms with Crippen LogP contribution in [0.15, 0.2) is 40.6 Å². The van der Waals surface area contributed by atoms with Gasteiger partial charge in [0.25, 0.3) is 11.2 Å². The fourth-order valence-corrected chi connectivity index (χ4v) is 4.26. The minimum absolute atomic E-state index is 0.417. The third-order valence-electron chi connectivity index (χ3n) is 5.18. The standard InChI is InChI=1S/C21H18N4O6S/c1-12-22-17(11-32-12)13-3-4-18-14(7-13)5-6-24(18)19(26)10-23-9-15(25(29)30)8-16(20(23)27)21(28)31-2/h3-4,7-9,11H,5-6,10H2,1-2H3. The van der Waals surface area contributed by atoms with E-state index in [2.05, 4.69) is 9.72 Å². The monoisotopic (exact) mass is 454 g/mol. The summed E-state index contributed by atoms with van der Waals surface area (Å²) in [5.41, 5.74) is 1.71. The predicted octanol–water partition coefficient (Wildman–Crippen LogP) is 2.56. The van der Waals surface area contributed by atoms with E-state index in [0.717, 1.165) is 51.5 Å². The van der Waals surface area contributed by atoms with Gasteiger partial charge in [0, 0.05) is 29.2 Å². The van der Waals surface area contributed by atoms with Crippen LogP contribution in [-0.2, 0) is 22.5 Å². The van der Waals surface area contributed by atoms with Gasteiger partial charge >= 0.3 is 5.97 Å². The minimum Gasteiger partial charge on any atom is -0.465 e. The van der Waals surface area contributed by atoms with E-state index >= 15 is 0 Å². The summed E-state index contributed by atoms with van der Waals surface area (Å²) < 4.78 is 5.40. The van der Waals surface area contributed by atoms with Crippen LogP contribution in [0.2, 0.25) is 0 Å². The molecule has 0 saturated carbocycles. The van der Waals surface area contributed by atoms with E-state index in [4.69, 9.17) is 0 Å². The zero-order chi connectivity index (χ0) is 23.0. The Morgan fingerprint density at radius 3 is 2.75 bits per heavy atom. The Kier molecular flexibility index (Phi) is 5.57. The lowest BCUT2D eigenvalue weighted by Gasteiger charge is -2.18. The Morgan fingerprint density at radius 1 is 1.31 bits per heavy atom. The van der Waals surface area contributed by atoms with Crippen LogP contribution < -0.4 is 10.5 Å². The van der Waals surface area contributed by atoms with Crippen molar-refractivity contribution in [1.29, 1.82) is 0 Å². The molecule has 0 fully saturated rings. The van der Waals surface area contributed by atoms with Gasteiger partial charge in [-0.1, -0.05) is 6.07 Å². The van der Waals surface area contributed by atoms with Crippen LogP contribution in [0.3, 0.4) is 0 Å². The lowest BCUT2D eigenvalue weighted by Crippen LogP contribution is -2.36. The molecule has 1 amide bonds. The number of esters is 1. The number of methoxy groups -OCH3 is 1. The maximum Gasteiger partial charge on any atom is 0.343 e. The number of thiazole rings is 1. The first-order valence-corrected chi connectivity index (χ1v) is 10.5. The van der Waals surface area contributed by atoms with Crippen LogP contribution in [0.4, 0.5) is 11.4 Å². The second-order valence-electron chi connectivity index (χ2n) is 7.18. The molecule has 1 aliphatic heterocycles. The van der Waals surface area contributed by atoms with E-state index in [0.29, 0.717) is 13.0 Å². The van der Waals surface area contributed by atoms with Crippen molar-refractivity contribution in [3.63, 3.8) is 0 Å². The van der Waals surface area contributed by atoms with Gasteiger partial charge in [0.2, 0.25) is 5.91 Å². The van der Waals surface area contributed by atoms with Gasteiger partial charge < -0.3 is 9.64 Å². The van der Waals surface area contributed by atoms with Crippen LogP contribution in [0.25, 0.3) is 11.3 Å². The number of nitrogens with zero attached hydrogens (tertiary/aromatic N) is 4. The van der Waals surface area contributed by atoms with Gasteiger partial charge in [-0.15, -0.1) is 11.3 Å². The average molecular weight is 454 g/mol. The van der Waals surface area contributed by atoms with Gasteiger partial charge in [0.15, 0.2) is 0 Å². The molecule has 3 heterocycles. The Bertz CT molecular complexity index is 1310. The van der Waals surface area contributed by atoms with Gasteiger partial charge in [-0.3, -0.25) is 24.3 Å². The highest BCUT2D eigenvalue weighted by atomic mass is 32.1. The number of carbonyl (C=O) groups is 2. The molecule has 1 aliphatic rings. The molecule has 11 heteroatoms. The van der Waals surface area contributed by atoms with E-state index in [9.17, 15) is 24.5 Å². The molecule has 32 heavy (non-hydrogen) atoms. The minimum atomic E-state index is -1.00. The Balaban J connectivity index is 1.62. The maximum absolute atomic E-state index is 13.0. The molecule has 0 saturated heterocycles. The molecule has 164 valence electrons. The molecular weight excluding hydrogens is 436 g/mol. The first kappa shape index (κ1) is 21.4. The highest BCUT2D eigenvalue weighted by molar-refractivity contribution is 7.09. The fourth-order valence-electron chi connectivity index (χ4n) is 3.64. The summed E-state index contributed by atoms with van der Waals surface area (Å²) >= 11 is 1.56. The molecule has 0 spiro atoms. The van der Waals surface area contributed by atoms with Gasteiger partial charge in [0.05, 0.1) is 28.9 Å². The topological polar surface area (TPSA) is 125 Å². The number of aryl methyl sites for hydroxylation is 1. The number of hydrogen-bond acceptors (Lipinski definition) is 8. The summed E-state index contributed by atoms with van der Waals surface area (Å²) in [6.07, 6.45) is 1.59. The van der Waals surface area contributed by atoms with Crippen molar-refractivity contribution in [2.45, 2.75) is 19.9 Å². The molecule has 4 rings (SSSR count). The van der Waals surface area contributed by atoms with E-state index in [-0.39, 0.29) is 0 Å². The fraction of sp³-hybridized carbons (Fsp3) is 0.238. The van der Waals surface area contributed by atoms with Crippen LogP contribution >= 0.6 is 11.3 Å². The van der Waals surface area contributed by atoms with Crippen LogP contribution in [0, 0.1) is 17.0 Å². The summed E-state index contributed by atoms with van der Waals surface area (Å²) in [6, 6.07) is 6.56. The number of pyridine rings is 1. The smallest absolute Gasteiger partial charge is 0.343 e. The Hall–Kier alpha value is -3.86. The summed E-state index contributed by atoms with van der Waals surface area (Å²) in [7, 11) is 1.07. The Morgan fingerprint density at radius 2 is 2.09 bits per heavy atom. The average Bonchev–Trinajstić information content (AvgIpc) is 3.40. The van der Waals surface area contributed by atoms with Gasteiger partial charge in [-0.2, -0.15) is 0 Å². The summed E-state index contributed by atoms with van der Waals surface area (Å²) in [4.78, 5) is 54.0. The van der Waals surface area contributed by atoms with Gasteiger partial charge in [0.1, 0.15) is 12.1 Å². The number of nitro groups is 1. The molecule has 0 radical (unpaired) electrons. The largest absolute Gasteiger partial charge is 0.465 e. The molecular formula is C21H18N4O6S. The molecule has 0 atom stereocenters. The van der Waals surface area contributed by atoms with Crippen molar-refractivity contribution >= 4 is 34.6 Å². The summed E-state index contributed by atoms with van der Waals surface area (Å²) in [5.74, 6) is -1.42. The number of amides is 1. The van der Waals surface area contributed by atoms with Crippen molar-refractivity contribution in [1.82, 2.24) is 9.55 Å². The van der Waals surface area contributed by atoms with Crippen LogP contribution in [-0.4, -0.2) is 40.0 Å². The van der Waals surface area contributed by atoms with E-state index in [1.807, 2.05) is 30.5 Å². The van der Waals surface area contributed by atoms with E-state index < -0.39 is 40.2 Å². The second-order valence-corrected chi connectivity index (χ2v) is 8.25. The summed E-state index contributed by atoms with van der Waals surface area (Å²) in [6.45, 7) is 1.90. The normalized spacial score (nSPS) is 12.5. The van der Waals surface area contributed by atoms with Crippen molar-refractivity contribution < 1.29 is 19.2 Å². The van der Waals surface area contributed by atoms with Crippen molar-refractivity contribution in [2.75, 3.05) is 18.6 Å². The highest BCUT2D eigenvalue weighted by Crippen LogP contribution is 2.33. The predicted molar refractivity (Wildman–Crippen MR) is 117 cm³/mol. The third kappa shape index (κ3) is 3.89. The number of hydrogen-bond donors (Lipinski definition) is 0. The number of aromatic nitrogens is 2. The highest BCUT2D eigenvalue weighted by Gasteiger charge is 2.27. The molecule has 10 nitrogen and oxygen atoms in total. The first-order chi connectivity index (χ1) is 15.3. The van der Waals surface area contributed by atoms with Crippen molar-refractivity contribution in [3.05, 3.63) is 72.4 Å². The van der Waals surface area contributed by atoms with Crippen LogP contribution in [0.5, 0.6) is 0 Å². The molecule has 0 N–H and O–H groups in total. The molecule has 3 aromatic rings. The van der Waals surface area contributed by atoms with Crippen molar-refractivity contribution in [3.8, 4) is 11.3 Å². The molecule has 0 unspecified atom stereocenters. The number of anilines is 1. The van der Waals surface area contributed by atoms with E-state index in [1.54, 1.807) is 11.3 Å². The number of carbonyl (C=O) groups excluding carboxylic acids is 2. The lowest BCUT2D eigenvalue weighted by molar-refractivity contribution is -0.385. The number of rotatable bonds is 5. The maximum atomic E-state index is 13.0. The molecule has 0 aliphatic carbocycles. The first-order valence-electron chi connectivity index (χ1n) is 9.61.